The zero-order chi connectivity index (χ0) is 6.57. The van der Waals surface area contributed by atoms with Gasteiger partial charge in [0.1, 0.15) is 9.52 Å². The van der Waals surface area contributed by atoms with Gasteiger partial charge in [0.15, 0.2) is 0 Å². The standard InChI is InChI=1S/C4H2Cl3N/c5-3(1-2-8)4(6)7/h8H2. The molecule has 0 fully saturated rings. The first-order valence-corrected chi connectivity index (χ1v) is 2.74. The van der Waals surface area contributed by atoms with Gasteiger partial charge in [-0.3, -0.25) is 0 Å². The Hall–Kier alpha value is -0.0300. The van der Waals surface area contributed by atoms with Crippen LogP contribution < -0.4 is 5.73 Å². The van der Waals surface area contributed by atoms with Crippen molar-refractivity contribution in [3.05, 3.63) is 9.52 Å². The third-order valence-corrected chi connectivity index (χ3v) is 1.20. The van der Waals surface area contributed by atoms with Gasteiger partial charge in [-0.15, -0.1) is 0 Å². The Morgan fingerprint density at radius 3 is 1.88 bits per heavy atom. The van der Waals surface area contributed by atoms with Crippen LogP contribution in [0.2, 0.25) is 0 Å². The molecule has 0 aliphatic heterocycles. The SMILES string of the molecule is NC#CC(Cl)=C(Cl)Cl. The fraction of sp³-hybridized carbons (Fsp3) is 0. The molecule has 44 valence electrons. The molecule has 0 aromatic carbocycles. The Bertz CT molecular complexity index is 158. The minimum atomic E-state index is -0.0652. The molecule has 0 saturated carbocycles. The molecule has 0 spiro atoms. The van der Waals surface area contributed by atoms with E-state index in [4.69, 9.17) is 40.5 Å². The summed E-state index contributed by atoms with van der Waals surface area (Å²) in [6.45, 7) is 0. The third kappa shape index (κ3) is 3.04. The smallest absolute Gasteiger partial charge is 0.133 e. The summed E-state index contributed by atoms with van der Waals surface area (Å²) < 4.78 is -0.0652. The molecule has 0 atom stereocenters. The van der Waals surface area contributed by atoms with Crippen LogP contribution in [0, 0.1) is 12.0 Å². The van der Waals surface area contributed by atoms with Crippen molar-refractivity contribution in [1.29, 1.82) is 0 Å². The van der Waals surface area contributed by atoms with Crippen LogP contribution in [0.1, 0.15) is 0 Å². The summed E-state index contributed by atoms with van der Waals surface area (Å²) >= 11 is 15.6. The summed E-state index contributed by atoms with van der Waals surface area (Å²) in [6, 6.07) is 2.04. The number of nitrogens with two attached hydrogens (primary N) is 1. The maximum absolute atomic E-state index is 5.28. The van der Waals surface area contributed by atoms with Crippen molar-refractivity contribution in [2.75, 3.05) is 0 Å². The van der Waals surface area contributed by atoms with Crippen LogP contribution in [0.3, 0.4) is 0 Å². The van der Waals surface area contributed by atoms with Gasteiger partial charge in [-0.2, -0.15) is 0 Å². The summed E-state index contributed by atoms with van der Waals surface area (Å²) in [5.74, 6) is 2.25. The number of rotatable bonds is 0. The molecular formula is C4H2Cl3N. The molecular weight excluding hydrogens is 168 g/mol. The maximum Gasteiger partial charge on any atom is 0.133 e. The molecule has 0 unspecified atom stereocenters. The highest BCUT2D eigenvalue weighted by Crippen LogP contribution is 2.15. The summed E-state index contributed by atoms with van der Waals surface area (Å²) in [5, 5.41) is 0.0656. The molecule has 8 heavy (non-hydrogen) atoms. The van der Waals surface area contributed by atoms with Gasteiger partial charge in [0.2, 0.25) is 0 Å². The molecule has 0 aliphatic carbocycles. The topological polar surface area (TPSA) is 26.0 Å². The van der Waals surface area contributed by atoms with Crippen LogP contribution in [-0.4, -0.2) is 0 Å². The largest absolute Gasteiger partial charge is 0.359 e. The van der Waals surface area contributed by atoms with E-state index in [0.29, 0.717) is 0 Å². The first kappa shape index (κ1) is 7.97. The van der Waals surface area contributed by atoms with E-state index in [1.807, 2.05) is 6.04 Å². The van der Waals surface area contributed by atoms with Gasteiger partial charge in [0.25, 0.3) is 0 Å². The fourth-order valence-electron chi connectivity index (χ4n) is 0.111. The van der Waals surface area contributed by atoms with Gasteiger partial charge < -0.3 is 5.73 Å². The van der Waals surface area contributed by atoms with E-state index in [-0.39, 0.29) is 9.52 Å². The Labute approximate surface area is 62.4 Å². The van der Waals surface area contributed by atoms with Crippen molar-refractivity contribution in [1.82, 2.24) is 0 Å². The van der Waals surface area contributed by atoms with E-state index < -0.39 is 0 Å². The highest BCUT2D eigenvalue weighted by atomic mass is 35.5. The van der Waals surface area contributed by atoms with Crippen molar-refractivity contribution in [3.8, 4) is 12.0 Å². The monoisotopic (exact) mass is 169 g/mol. The average Bonchev–Trinajstić information content (AvgIpc) is 1.67. The van der Waals surface area contributed by atoms with E-state index in [2.05, 4.69) is 5.92 Å². The molecule has 0 radical (unpaired) electrons. The van der Waals surface area contributed by atoms with Crippen LogP contribution in [0.25, 0.3) is 0 Å². The Kier molecular flexibility index (Phi) is 3.90. The molecule has 2 N–H and O–H groups in total. The van der Waals surface area contributed by atoms with Crippen molar-refractivity contribution in [3.63, 3.8) is 0 Å². The summed E-state index contributed by atoms with van der Waals surface area (Å²) in [6.07, 6.45) is 0. The number of halogens is 3. The van der Waals surface area contributed by atoms with Crippen LogP contribution in [-0.2, 0) is 0 Å². The zero-order valence-electron chi connectivity index (χ0n) is 3.71. The quantitative estimate of drug-likeness (QED) is 0.435. The lowest BCUT2D eigenvalue weighted by atomic mass is 10.6. The molecule has 0 bridgehead atoms. The predicted octanol–water partition coefficient (Wildman–Crippen LogP) is 1.79. The molecule has 0 amide bonds. The number of hydrogen-bond donors (Lipinski definition) is 1. The first-order valence-electron chi connectivity index (χ1n) is 1.61. The number of hydrogen-bond acceptors (Lipinski definition) is 1. The second-order valence-electron chi connectivity index (χ2n) is 0.844. The van der Waals surface area contributed by atoms with Crippen molar-refractivity contribution < 1.29 is 0 Å². The van der Waals surface area contributed by atoms with E-state index in [1.54, 1.807) is 0 Å². The Morgan fingerprint density at radius 1 is 1.25 bits per heavy atom. The van der Waals surface area contributed by atoms with Gasteiger partial charge in [0.05, 0.1) is 0 Å². The van der Waals surface area contributed by atoms with Gasteiger partial charge in [0, 0.05) is 6.04 Å². The van der Waals surface area contributed by atoms with E-state index in [9.17, 15) is 0 Å². The van der Waals surface area contributed by atoms with Gasteiger partial charge >= 0.3 is 0 Å². The molecule has 0 heterocycles. The summed E-state index contributed by atoms with van der Waals surface area (Å²) in [4.78, 5) is 0. The molecule has 0 rings (SSSR count). The molecule has 4 heteroatoms. The van der Waals surface area contributed by atoms with Gasteiger partial charge in [-0.1, -0.05) is 34.8 Å². The lowest BCUT2D eigenvalue weighted by molar-refractivity contribution is 1.73. The zero-order valence-corrected chi connectivity index (χ0v) is 5.98. The molecule has 1 nitrogen and oxygen atoms in total. The highest BCUT2D eigenvalue weighted by Gasteiger charge is 1.90. The van der Waals surface area contributed by atoms with Crippen molar-refractivity contribution in [2.45, 2.75) is 0 Å². The predicted molar refractivity (Wildman–Crippen MR) is 36.5 cm³/mol. The van der Waals surface area contributed by atoms with Gasteiger partial charge in [-0.25, -0.2) is 0 Å². The van der Waals surface area contributed by atoms with Gasteiger partial charge in [-0.05, 0) is 5.92 Å². The lowest BCUT2D eigenvalue weighted by Crippen LogP contribution is -1.76. The fourth-order valence-corrected chi connectivity index (χ4v) is 0.260. The molecule has 0 aromatic heterocycles. The number of allylic oxidation sites excluding steroid dienone is 1. The molecule has 0 saturated heterocycles. The van der Waals surface area contributed by atoms with Crippen LogP contribution in [0.4, 0.5) is 0 Å². The van der Waals surface area contributed by atoms with Crippen molar-refractivity contribution in [2.24, 2.45) is 5.73 Å². The van der Waals surface area contributed by atoms with Crippen LogP contribution in [0.15, 0.2) is 9.52 Å². The van der Waals surface area contributed by atoms with E-state index in [1.165, 1.54) is 0 Å². The van der Waals surface area contributed by atoms with Crippen LogP contribution >= 0.6 is 34.8 Å². The lowest BCUT2D eigenvalue weighted by Gasteiger charge is -1.79. The van der Waals surface area contributed by atoms with Crippen LogP contribution in [0.5, 0.6) is 0 Å². The Morgan fingerprint density at radius 2 is 1.75 bits per heavy atom. The maximum atomic E-state index is 5.28. The highest BCUT2D eigenvalue weighted by molar-refractivity contribution is 6.59. The summed E-state index contributed by atoms with van der Waals surface area (Å²) in [7, 11) is 0. The van der Waals surface area contributed by atoms with E-state index in [0.717, 1.165) is 0 Å². The third-order valence-electron chi connectivity index (χ3n) is 0.348. The van der Waals surface area contributed by atoms with E-state index >= 15 is 0 Å². The Balaban J connectivity index is 4.16. The molecule has 0 aliphatic rings. The molecule has 0 aromatic rings. The second-order valence-corrected chi connectivity index (χ2v) is 2.17. The summed E-state index contributed by atoms with van der Waals surface area (Å²) in [5.41, 5.74) is 4.77. The minimum Gasteiger partial charge on any atom is -0.359 e. The normalized spacial score (nSPS) is 6.88. The first-order chi connectivity index (χ1) is 3.68. The average molecular weight is 170 g/mol. The second kappa shape index (κ2) is 3.91. The van der Waals surface area contributed by atoms with Crippen molar-refractivity contribution >= 4 is 34.8 Å². The minimum absolute atomic E-state index is 0.0652.